The van der Waals surface area contributed by atoms with E-state index in [2.05, 4.69) is 10.3 Å². The second kappa shape index (κ2) is 8.65. The number of amides is 1. The lowest BCUT2D eigenvalue weighted by Gasteiger charge is -2.21. The van der Waals surface area contributed by atoms with E-state index in [1.165, 1.54) is 0 Å². The highest BCUT2D eigenvalue weighted by molar-refractivity contribution is 5.95. The molecule has 1 aliphatic heterocycles. The number of nitrogens with zero attached hydrogens (tertiary/aromatic N) is 2. The summed E-state index contributed by atoms with van der Waals surface area (Å²) in [4.78, 5) is 19.1. The Morgan fingerprint density at radius 2 is 1.79 bits per heavy atom. The average molecular weight is 389 g/mol. The number of carbonyl (C=O) groups excluding carboxylic acids is 1. The number of aromatic nitrogens is 1. The first-order valence-corrected chi connectivity index (χ1v) is 9.68. The Kier molecular flexibility index (Phi) is 5.61. The van der Waals surface area contributed by atoms with Gasteiger partial charge in [-0.1, -0.05) is 30.3 Å². The molecule has 1 aliphatic rings. The van der Waals surface area contributed by atoms with E-state index in [-0.39, 0.29) is 5.91 Å². The fourth-order valence-electron chi connectivity index (χ4n) is 3.23. The van der Waals surface area contributed by atoms with Gasteiger partial charge in [-0.15, -0.1) is 0 Å². The van der Waals surface area contributed by atoms with E-state index in [4.69, 9.17) is 9.47 Å². The summed E-state index contributed by atoms with van der Waals surface area (Å²) in [5, 5.41) is 3.29. The van der Waals surface area contributed by atoms with Gasteiger partial charge in [0.25, 0.3) is 5.91 Å². The molecule has 0 bridgehead atoms. The van der Waals surface area contributed by atoms with E-state index in [1.54, 1.807) is 17.3 Å². The van der Waals surface area contributed by atoms with E-state index in [1.807, 2.05) is 61.5 Å². The summed E-state index contributed by atoms with van der Waals surface area (Å²) < 4.78 is 11.2. The third-order valence-electron chi connectivity index (χ3n) is 4.70. The van der Waals surface area contributed by atoms with Crippen molar-refractivity contribution >= 4 is 17.3 Å². The third-order valence-corrected chi connectivity index (χ3v) is 4.70. The van der Waals surface area contributed by atoms with Crippen LogP contribution < -0.4 is 14.8 Å². The lowest BCUT2D eigenvalue weighted by Crippen LogP contribution is -2.30. The number of pyridine rings is 1. The standard InChI is InChI=1S/C23H23N3O3/c1-2-26(16-17-6-4-3-5-7-17)23(27)18-12-20(15-24-14-18)25-19-8-9-21-22(13-19)29-11-10-28-21/h3-9,12-15,25H,2,10-11,16H2,1H3. The number of nitrogens with one attached hydrogen (secondary N) is 1. The summed E-state index contributed by atoms with van der Waals surface area (Å²) in [5.74, 6) is 1.40. The average Bonchev–Trinajstić information content (AvgIpc) is 2.78. The predicted molar refractivity (Wildman–Crippen MR) is 112 cm³/mol. The highest BCUT2D eigenvalue weighted by Gasteiger charge is 2.16. The van der Waals surface area contributed by atoms with Gasteiger partial charge in [0.1, 0.15) is 13.2 Å². The van der Waals surface area contributed by atoms with Gasteiger partial charge in [-0.05, 0) is 30.7 Å². The van der Waals surface area contributed by atoms with Gasteiger partial charge < -0.3 is 19.7 Å². The third kappa shape index (κ3) is 4.48. The molecule has 0 unspecified atom stereocenters. The van der Waals surface area contributed by atoms with E-state index < -0.39 is 0 Å². The molecule has 4 rings (SSSR count). The molecule has 6 nitrogen and oxygen atoms in total. The Morgan fingerprint density at radius 3 is 2.59 bits per heavy atom. The van der Waals surface area contributed by atoms with Crippen LogP contribution in [0, 0.1) is 0 Å². The van der Waals surface area contributed by atoms with Crippen LogP contribution in [-0.2, 0) is 6.54 Å². The van der Waals surface area contributed by atoms with Crippen LogP contribution in [0.25, 0.3) is 0 Å². The second-order valence-electron chi connectivity index (χ2n) is 6.75. The minimum absolute atomic E-state index is 0.0466. The molecule has 0 spiro atoms. The normalized spacial score (nSPS) is 12.3. The lowest BCUT2D eigenvalue weighted by atomic mass is 10.1. The summed E-state index contributed by atoms with van der Waals surface area (Å²) in [5.41, 5.74) is 3.23. The molecule has 1 aromatic heterocycles. The van der Waals surface area contributed by atoms with Crippen molar-refractivity contribution in [2.24, 2.45) is 0 Å². The van der Waals surface area contributed by atoms with Gasteiger partial charge in [0.2, 0.25) is 0 Å². The van der Waals surface area contributed by atoms with Crippen molar-refractivity contribution in [3.05, 3.63) is 78.1 Å². The highest BCUT2D eigenvalue weighted by Crippen LogP contribution is 2.33. The number of benzene rings is 2. The van der Waals surface area contributed by atoms with Gasteiger partial charge in [-0.25, -0.2) is 0 Å². The van der Waals surface area contributed by atoms with Gasteiger partial charge in [-0.3, -0.25) is 9.78 Å². The molecule has 0 saturated heterocycles. The number of hydrogen-bond donors (Lipinski definition) is 1. The van der Waals surface area contributed by atoms with E-state index in [0.717, 1.165) is 22.7 Å². The number of rotatable bonds is 6. The van der Waals surface area contributed by atoms with Crippen molar-refractivity contribution in [2.45, 2.75) is 13.5 Å². The number of fused-ring (bicyclic) bond motifs is 1. The van der Waals surface area contributed by atoms with Crippen LogP contribution in [-0.4, -0.2) is 35.5 Å². The monoisotopic (exact) mass is 389 g/mol. The van der Waals surface area contributed by atoms with Crippen molar-refractivity contribution in [2.75, 3.05) is 25.1 Å². The van der Waals surface area contributed by atoms with Crippen LogP contribution in [0.1, 0.15) is 22.8 Å². The van der Waals surface area contributed by atoms with Crippen LogP contribution in [0.5, 0.6) is 11.5 Å². The molecule has 0 atom stereocenters. The van der Waals surface area contributed by atoms with Crippen LogP contribution in [0.3, 0.4) is 0 Å². The molecule has 0 fully saturated rings. The van der Waals surface area contributed by atoms with Crippen molar-refractivity contribution in [3.8, 4) is 11.5 Å². The fourth-order valence-corrected chi connectivity index (χ4v) is 3.23. The van der Waals surface area contributed by atoms with Crippen molar-refractivity contribution in [1.82, 2.24) is 9.88 Å². The maximum Gasteiger partial charge on any atom is 0.255 e. The fraction of sp³-hybridized carbons (Fsp3) is 0.217. The molecular weight excluding hydrogens is 366 g/mol. The molecule has 2 heterocycles. The van der Waals surface area contributed by atoms with Gasteiger partial charge in [-0.2, -0.15) is 0 Å². The van der Waals surface area contributed by atoms with Gasteiger partial charge in [0.15, 0.2) is 11.5 Å². The first kappa shape index (κ1) is 18.8. The van der Waals surface area contributed by atoms with Crippen LogP contribution in [0.2, 0.25) is 0 Å². The second-order valence-corrected chi connectivity index (χ2v) is 6.75. The van der Waals surface area contributed by atoms with Gasteiger partial charge >= 0.3 is 0 Å². The molecule has 0 saturated carbocycles. The van der Waals surface area contributed by atoms with Crippen LogP contribution in [0.15, 0.2) is 67.0 Å². The van der Waals surface area contributed by atoms with E-state index in [9.17, 15) is 4.79 Å². The minimum atomic E-state index is -0.0466. The quantitative estimate of drug-likeness (QED) is 0.683. The number of ether oxygens (including phenoxy) is 2. The molecule has 0 aliphatic carbocycles. The molecule has 6 heteroatoms. The SMILES string of the molecule is CCN(Cc1ccccc1)C(=O)c1cncc(Nc2ccc3c(c2)OCCO3)c1. The van der Waals surface area contributed by atoms with Crippen molar-refractivity contribution < 1.29 is 14.3 Å². The first-order chi connectivity index (χ1) is 14.2. The van der Waals surface area contributed by atoms with Crippen molar-refractivity contribution in [3.63, 3.8) is 0 Å². The van der Waals surface area contributed by atoms with Gasteiger partial charge in [0.05, 0.1) is 17.4 Å². The molecular formula is C23H23N3O3. The molecule has 3 aromatic rings. The smallest absolute Gasteiger partial charge is 0.255 e. The largest absolute Gasteiger partial charge is 0.486 e. The molecule has 29 heavy (non-hydrogen) atoms. The lowest BCUT2D eigenvalue weighted by molar-refractivity contribution is 0.0752. The molecule has 1 amide bonds. The minimum Gasteiger partial charge on any atom is -0.486 e. The number of hydrogen-bond acceptors (Lipinski definition) is 5. The Labute approximate surface area is 170 Å². The summed E-state index contributed by atoms with van der Waals surface area (Å²) >= 11 is 0. The van der Waals surface area contributed by atoms with Crippen molar-refractivity contribution in [1.29, 1.82) is 0 Å². The topological polar surface area (TPSA) is 63.7 Å². The Bertz CT molecular complexity index is 992. The molecule has 1 N–H and O–H groups in total. The Balaban J connectivity index is 1.49. The molecule has 148 valence electrons. The summed E-state index contributed by atoms with van der Waals surface area (Å²) in [6, 6.07) is 17.5. The van der Waals surface area contributed by atoms with Crippen LogP contribution >= 0.6 is 0 Å². The van der Waals surface area contributed by atoms with Crippen LogP contribution in [0.4, 0.5) is 11.4 Å². The summed E-state index contributed by atoms with van der Waals surface area (Å²) in [6.45, 7) is 4.26. The Morgan fingerprint density at radius 1 is 1.00 bits per heavy atom. The van der Waals surface area contributed by atoms with E-state index in [0.29, 0.717) is 37.6 Å². The predicted octanol–water partition coefficient (Wildman–Crippen LogP) is 4.26. The zero-order valence-corrected chi connectivity index (χ0v) is 16.3. The maximum atomic E-state index is 13.0. The zero-order valence-electron chi connectivity index (χ0n) is 16.3. The van der Waals surface area contributed by atoms with Gasteiger partial charge in [0, 0.05) is 31.0 Å². The maximum absolute atomic E-state index is 13.0. The summed E-state index contributed by atoms with van der Waals surface area (Å²) in [7, 11) is 0. The first-order valence-electron chi connectivity index (χ1n) is 9.68. The zero-order chi connectivity index (χ0) is 20.1. The number of carbonyl (C=O) groups is 1. The molecule has 2 aromatic carbocycles. The summed E-state index contributed by atoms with van der Waals surface area (Å²) in [6.07, 6.45) is 3.30. The number of anilines is 2. The van der Waals surface area contributed by atoms with E-state index >= 15 is 0 Å². The molecule has 0 radical (unpaired) electrons. The Hall–Kier alpha value is -3.54. The highest BCUT2D eigenvalue weighted by atomic mass is 16.6.